The maximum Gasteiger partial charge on any atom is 0.394 e. The molecule has 22 heavy (non-hydrogen) atoms. The Kier molecular flexibility index (Phi) is 13.6. The Morgan fingerprint density at radius 3 is 2.00 bits per heavy atom. The topological polar surface area (TPSA) is 147 Å². The van der Waals surface area contributed by atoms with Crippen LogP contribution in [0.4, 0.5) is 0 Å². The lowest BCUT2D eigenvalue weighted by Crippen LogP contribution is -2.34. The molecular weight excluding hydrogens is 314 g/mol. The summed E-state index contributed by atoms with van der Waals surface area (Å²) in [6, 6.07) is 9.11. The zero-order valence-corrected chi connectivity index (χ0v) is 13.4. The van der Waals surface area contributed by atoms with Gasteiger partial charge in [-0.3, -0.25) is 13.9 Å². The molecule has 0 aliphatic rings. The van der Waals surface area contributed by atoms with Gasteiger partial charge in [-0.15, -0.1) is 0 Å². The molecule has 0 amide bonds. The lowest BCUT2D eigenvalue weighted by Gasteiger charge is -2.09. The van der Waals surface area contributed by atoms with Crippen LogP contribution in [0.15, 0.2) is 30.3 Å². The van der Waals surface area contributed by atoms with Crippen LogP contribution < -0.4 is 5.73 Å². The number of aliphatic hydroxyl groups is 1. The van der Waals surface area contributed by atoms with Crippen LogP contribution in [0.25, 0.3) is 0 Å². The van der Waals surface area contributed by atoms with Gasteiger partial charge in [-0.25, -0.2) is 0 Å². The molecule has 0 aliphatic carbocycles. The fourth-order valence-corrected chi connectivity index (χ4v) is 1.20. The summed E-state index contributed by atoms with van der Waals surface area (Å²) in [5.41, 5.74) is 6.71. The van der Waals surface area contributed by atoms with Gasteiger partial charge in [-0.05, 0) is 25.8 Å². The van der Waals surface area contributed by atoms with Crippen molar-refractivity contribution in [3.05, 3.63) is 35.9 Å². The van der Waals surface area contributed by atoms with Crippen molar-refractivity contribution in [1.29, 1.82) is 0 Å². The minimum atomic E-state index is -4.67. The molecule has 0 aliphatic heterocycles. The van der Waals surface area contributed by atoms with Crippen molar-refractivity contribution in [3.63, 3.8) is 0 Å². The van der Waals surface area contributed by atoms with E-state index in [1.54, 1.807) is 13.8 Å². The van der Waals surface area contributed by atoms with Gasteiger partial charge in [0.25, 0.3) is 0 Å². The van der Waals surface area contributed by atoms with Gasteiger partial charge in [0.1, 0.15) is 6.04 Å². The van der Waals surface area contributed by atoms with Gasteiger partial charge in [0.15, 0.2) is 0 Å². The number of esters is 1. The molecule has 9 heteroatoms. The van der Waals surface area contributed by atoms with Crippen molar-refractivity contribution in [2.24, 2.45) is 5.73 Å². The second-order valence-electron chi connectivity index (χ2n) is 3.81. The van der Waals surface area contributed by atoms with E-state index >= 15 is 0 Å². The summed E-state index contributed by atoms with van der Waals surface area (Å²) in [5.74, 6) is -0.337. The molecule has 0 bridgehead atoms. The van der Waals surface area contributed by atoms with Gasteiger partial charge in [0.05, 0.1) is 6.61 Å². The maximum atomic E-state index is 11.2. The largest absolute Gasteiger partial charge is 0.465 e. The second-order valence-corrected chi connectivity index (χ2v) is 4.71. The van der Waals surface area contributed by atoms with Crippen LogP contribution in [0.3, 0.4) is 0 Å². The Balaban J connectivity index is 0. The molecule has 1 atom stereocenters. The van der Waals surface area contributed by atoms with Crippen LogP contribution >= 0.6 is 0 Å². The molecule has 0 saturated carbocycles. The van der Waals surface area contributed by atoms with Crippen molar-refractivity contribution in [2.45, 2.75) is 26.3 Å². The van der Waals surface area contributed by atoms with E-state index in [4.69, 9.17) is 33.1 Å². The third-order valence-corrected chi connectivity index (χ3v) is 1.89. The average molecular weight is 337 g/mol. The van der Waals surface area contributed by atoms with E-state index in [0.29, 0.717) is 13.0 Å². The predicted octanol–water partition coefficient (Wildman–Crippen LogP) is 0.465. The average Bonchev–Trinajstić information content (AvgIpc) is 2.39. The Bertz CT molecular complexity index is 482. The smallest absolute Gasteiger partial charge is 0.394 e. The molecule has 1 unspecified atom stereocenters. The SMILES string of the molecule is CCO.CCOC(=O)C(N)Cc1ccccc1.O=S(=O)(O)O. The molecule has 0 saturated heterocycles. The van der Waals surface area contributed by atoms with E-state index in [2.05, 4.69) is 0 Å². The Morgan fingerprint density at radius 2 is 1.64 bits per heavy atom. The van der Waals surface area contributed by atoms with Gasteiger partial charge in [0, 0.05) is 6.61 Å². The first-order chi connectivity index (χ1) is 10.2. The Labute approximate surface area is 130 Å². The highest BCUT2D eigenvalue weighted by atomic mass is 32.3. The summed E-state index contributed by atoms with van der Waals surface area (Å²) in [7, 11) is -4.67. The number of benzene rings is 1. The fraction of sp³-hybridized carbons (Fsp3) is 0.462. The van der Waals surface area contributed by atoms with Crippen molar-refractivity contribution in [1.82, 2.24) is 0 Å². The first kappa shape index (κ1) is 22.8. The minimum Gasteiger partial charge on any atom is -0.465 e. The third kappa shape index (κ3) is 18.5. The van der Waals surface area contributed by atoms with Gasteiger partial charge < -0.3 is 15.6 Å². The number of carbonyl (C=O) groups excluding carboxylic acids is 1. The number of hydrogen-bond acceptors (Lipinski definition) is 6. The van der Waals surface area contributed by atoms with Gasteiger partial charge in [0.2, 0.25) is 0 Å². The summed E-state index contributed by atoms with van der Waals surface area (Å²) in [5, 5.41) is 7.57. The number of carbonyl (C=O) groups is 1. The monoisotopic (exact) mass is 337 g/mol. The first-order valence-electron chi connectivity index (χ1n) is 6.42. The van der Waals surface area contributed by atoms with Crippen molar-refractivity contribution < 1.29 is 32.2 Å². The van der Waals surface area contributed by atoms with Crippen LogP contribution in [0.1, 0.15) is 19.4 Å². The van der Waals surface area contributed by atoms with Crippen LogP contribution in [0.2, 0.25) is 0 Å². The number of rotatable bonds is 4. The summed E-state index contributed by atoms with van der Waals surface area (Å²) < 4.78 is 36.4. The Morgan fingerprint density at radius 1 is 1.23 bits per heavy atom. The Hall–Kier alpha value is -1.52. The van der Waals surface area contributed by atoms with Crippen molar-refractivity contribution in [2.75, 3.05) is 13.2 Å². The highest BCUT2D eigenvalue weighted by Crippen LogP contribution is 2.02. The lowest BCUT2D eigenvalue weighted by molar-refractivity contribution is -0.144. The van der Waals surface area contributed by atoms with E-state index in [-0.39, 0.29) is 12.6 Å². The zero-order chi connectivity index (χ0) is 17.6. The molecule has 128 valence electrons. The zero-order valence-electron chi connectivity index (χ0n) is 12.5. The molecule has 1 aromatic rings. The maximum absolute atomic E-state index is 11.2. The van der Waals surface area contributed by atoms with Crippen molar-refractivity contribution >= 4 is 16.4 Å². The first-order valence-corrected chi connectivity index (χ1v) is 7.82. The second kappa shape index (κ2) is 13.2. The number of hydrogen-bond donors (Lipinski definition) is 4. The van der Waals surface area contributed by atoms with Gasteiger partial charge in [-0.2, -0.15) is 8.42 Å². The molecule has 1 rings (SSSR count). The highest BCUT2D eigenvalue weighted by Gasteiger charge is 2.14. The van der Waals surface area contributed by atoms with E-state index in [1.165, 1.54) is 0 Å². The summed E-state index contributed by atoms with van der Waals surface area (Å²) in [6.07, 6.45) is 0.527. The van der Waals surface area contributed by atoms with E-state index in [0.717, 1.165) is 5.56 Å². The standard InChI is InChI=1S/C11H15NO2.C2H6O.H2O4S/c1-2-14-11(13)10(12)8-9-6-4-3-5-7-9;1-2-3;1-5(2,3)4/h3-7,10H,2,8,12H2,1H3;3H,2H2,1H3;(H2,1,2,3,4). The number of nitrogens with two attached hydrogens (primary N) is 1. The van der Waals surface area contributed by atoms with E-state index in [9.17, 15) is 4.79 Å². The van der Waals surface area contributed by atoms with Crippen LogP contribution in [-0.4, -0.2) is 47.9 Å². The van der Waals surface area contributed by atoms with Crippen LogP contribution in [-0.2, 0) is 26.4 Å². The quantitative estimate of drug-likeness (QED) is 0.458. The minimum absolute atomic E-state index is 0.250. The number of aliphatic hydroxyl groups excluding tert-OH is 1. The third-order valence-electron chi connectivity index (χ3n) is 1.89. The summed E-state index contributed by atoms with van der Waals surface area (Å²) >= 11 is 0. The van der Waals surface area contributed by atoms with Crippen molar-refractivity contribution in [3.8, 4) is 0 Å². The molecule has 1 aromatic carbocycles. The normalized spacial score (nSPS) is 11.2. The molecule has 5 N–H and O–H groups in total. The summed E-state index contributed by atoms with van der Waals surface area (Å²) in [4.78, 5) is 11.2. The predicted molar refractivity (Wildman–Crippen MR) is 81.7 cm³/mol. The lowest BCUT2D eigenvalue weighted by atomic mass is 10.1. The molecule has 0 radical (unpaired) electrons. The van der Waals surface area contributed by atoms with Crippen LogP contribution in [0, 0.1) is 0 Å². The highest BCUT2D eigenvalue weighted by molar-refractivity contribution is 7.79. The van der Waals surface area contributed by atoms with E-state index in [1.807, 2.05) is 30.3 Å². The molecule has 0 heterocycles. The molecular formula is C13H23NO7S. The van der Waals surface area contributed by atoms with Crippen LogP contribution in [0.5, 0.6) is 0 Å². The molecule has 0 fully saturated rings. The fourth-order valence-electron chi connectivity index (χ4n) is 1.20. The molecule has 0 spiro atoms. The van der Waals surface area contributed by atoms with E-state index < -0.39 is 16.4 Å². The number of ether oxygens (including phenoxy) is 1. The van der Waals surface area contributed by atoms with Gasteiger partial charge >= 0.3 is 16.4 Å². The molecule has 8 nitrogen and oxygen atoms in total. The molecule has 0 aromatic heterocycles. The van der Waals surface area contributed by atoms with Gasteiger partial charge in [-0.1, -0.05) is 30.3 Å². The summed E-state index contributed by atoms with van der Waals surface area (Å²) in [6.45, 7) is 4.08.